The van der Waals surface area contributed by atoms with Crippen LogP contribution in [0, 0.1) is 11.3 Å². The van der Waals surface area contributed by atoms with E-state index in [2.05, 4.69) is 36.3 Å². The first-order chi connectivity index (χ1) is 10.6. The van der Waals surface area contributed by atoms with Gasteiger partial charge in [-0.2, -0.15) is 5.26 Å². The maximum absolute atomic E-state index is 8.81. The van der Waals surface area contributed by atoms with Crippen molar-refractivity contribution in [2.24, 2.45) is 0 Å². The molecule has 0 aromatic rings. The Bertz CT molecular complexity index is 325. The van der Waals surface area contributed by atoms with Crippen molar-refractivity contribution < 1.29 is 0 Å². The van der Waals surface area contributed by atoms with E-state index in [-0.39, 0.29) is 0 Å². The minimum atomic E-state index is -1.26. The van der Waals surface area contributed by atoms with Gasteiger partial charge in [0.2, 0.25) is 0 Å². The van der Waals surface area contributed by atoms with Crippen LogP contribution in [0.2, 0.25) is 19.1 Å². The molecule has 0 bridgehead atoms. The first-order valence-corrected chi connectivity index (χ1v) is 12.7. The molecule has 1 fully saturated rings. The molecule has 0 aromatic carbocycles. The zero-order chi connectivity index (χ0) is 16.3. The average molecular weight is 324 g/mol. The third-order valence-electron chi connectivity index (χ3n) is 5.03. The zero-order valence-electron chi connectivity index (χ0n) is 15.2. The molecule has 0 radical (unpaired) electrons. The Morgan fingerprint density at radius 2 is 1.73 bits per heavy atom. The molecule has 1 heterocycles. The molecule has 22 heavy (non-hydrogen) atoms. The largest absolute Gasteiger partial charge is 0.303 e. The SMILES string of the molecule is CCCCCCCCCC[Si](C)(C)C1NCCN1CCC#N. The molecule has 1 unspecified atom stereocenters. The lowest BCUT2D eigenvalue weighted by Crippen LogP contribution is -2.55. The second-order valence-corrected chi connectivity index (χ2v) is 12.5. The molecular formula is C18H37N3Si. The van der Waals surface area contributed by atoms with E-state index in [0.717, 1.165) is 19.6 Å². The Hall–Kier alpha value is -0.373. The standard InChI is InChI=1S/C18H37N3Si/c1-4-5-6-7-8-9-10-11-17-22(2,3)18-20-14-16-21(18)15-12-13-19/h18,20H,4-12,14-17H2,1-3H3. The van der Waals surface area contributed by atoms with Crippen LogP contribution < -0.4 is 5.32 Å². The summed E-state index contributed by atoms with van der Waals surface area (Å²) in [6.45, 7) is 10.5. The highest BCUT2D eigenvalue weighted by Crippen LogP contribution is 2.24. The topological polar surface area (TPSA) is 39.1 Å². The summed E-state index contributed by atoms with van der Waals surface area (Å²) in [6, 6.07) is 3.71. The van der Waals surface area contributed by atoms with Crippen molar-refractivity contribution in [3.05, 3.63) is 0 Å². The molecule has 0 aromatic heterocycles. The van der Waals surface area contributed by atoms with Gasteiger partial charge in [-0.05, 0) is 0 Å². The van der Waals surface area contributed by atoms with E-state index in [1.165, 1.54) is 57.4 Å². The van der Waals surface area contributed by atoms with E-state index in [9.17, 15) is 0 Å². The van der Waals surface area contributed by atoms with Crippen LogP contribution in [0.1, 0.15) is 64.7 Å². The Morgan fingerprint density at radius 3 is 2.36 bits per heavy atom. The van der Waals surface area contributed by atoms with Crippen LogP contribution in [0.3, 0.4) is 0 Å². The van der Waals surface area contributed by atoms with Gasteiger partial charge in [0.1, 0.15) is 0 Å². The highest BCUT2D eigenvalue weighted by Gasteiger charge is 2.37. The second kappa shape index (κ2) is 11.2. The van der Waals surface area contributed by atoms with Gasteiger partial charge in [0, 0.05) is 31.8 Å². The summed E-state index contributed by atoms with van der Waals surface area (Å²) >= 11 is 0. The van der Waals surface area contributed by atoms with Gasteiger partial charge in [-0.15, -0.1) is 0 Å². The normalized spacial score (nSPS) is 19.5. The Labute approximate surface area is 139 Å². The monoisotopic (exact) mass is 323 g/mol. The Balaban J connectivity index is 2.18. The molecule has 128 valence electrons. The summed E-state index contributed by atoms with van der Waals surface area (Å²) in [5, 5.41) is 12.5. The second-order valence-electron chi connectivity index (χ2n) is 7.51. The fourth-order valence-electron chi connectivity index (χ4n) is 3.66. The summed E-state index contributed by atoms with van der Waals surface area (Å²) in [4.78, 5) is 2.53. The summed E-state index contributed by atoms with van der Waals surface area (Å²) in [6.07, 6.45) is 11.9. The molecule has 0 amide bonds. The summed E-state index contributed by atoms with van der Waals surface area (Å²) < 4.78 is 0. The van der Waals surface area contributed by atoms with Crippen LogP contribution >= 0.6 is 0 Å². The molecule has 1 aliphatic rings. The molecule has 0 saturated carbocycles. The van der Waals surface area contributed by atoms with E-state index in [1.54, 1.807) is 0 Å². The van der Waals surface area contributed by atoms with Crippen molar-refractivity contribution in [1.29, 1.82) is 5.26 Å². The minimum absolute atomic E-state index is 0.588. The molecule has 3 nitrogen and oxygen atoms in total. The smallest absolute Gasteiger partial charge is 0.0848 e. The van der Waals surface area contributed by atoms with E-state index in [4.69, 9.17) is 5.26 Å². The predicted octanol–water partition coefficient (Wildman–Crippen LogP) is 4.52. The number of hydrogen-bond donors (Lipinski definition) is 1. The van der Waals surface area contributed by atoms with Gasteiger partial charge in [-0.3, -0.25) is 4.90 Å². The highest BCUT2D eigenvalue weighted by molar-refractivity contribution is 6.78. The van der Waals surface area contributed by atoms with Crippen LogP contribution in [0.15, 0.2) is 0 Å². The third kappa shape index (κ3) is 7.26. The lowest BCUT2D eigenvalue weighted by molar-refractivity contribution is 0.302. The lowest BCUT2D eigenvalue weighted by atomic mass is 10.1. The molecular weight excluding hydrogens is 286 g/mol. The number of nitriles is 1. The van der Waals surface area contributed by atoms with Crippen LogP contribution in [-0.4, -0.2) is 38.4 Å². The van der Waals surface area contributed by atoms with Crippen LogP contribution in [0.25, 0.3) is 0 Å². The van der Waals surface area contributed by atoms with Gasteiger partial charge < -0.3 is 5.32 Å². The third-order valence-corrected chi connectivity index (χ3v) is 8.72. The first-order valence-electron chi connectivity index (χ1n) is 9.46. The molecule has 1 aliphatic heterocycles. The molecule has 1 N–H and O–H groups in total. The number of hydrogen-bond acceptors (Lipinski definition) is 3. The first kappa shape index (κ1) is 19.7. The van der Waals surface area contributed by atoms with Crippen molar-refractivity contribution in [3.63, 3.8) is 0 Å². The number of unbranched alkanes of at least 4 members (excludes halogenated alkanes) is 7. The Kier molecular flexibility index (Phi) is 10.0. The quantitative estimate of drug-likeness (QED) is 0.424. The van der Waals surface area contributed by atoms with E-state index >= 15 is 0 Å². The van der Waals surface area contributed by atoms with Gasteiger partial charge in [0.25, 0.3) is 0 Å². The maximum Gasteiger partial charge on any atom is 0.0848 e. The molecule has 1 saturated heterocycles. The number of nitrogens with one attached hydrogen (secondary N) is 1. The van der Waals surface area contributed by atoms with Gasteiger partial charge in [0.05, 0.1) is 14.1 Å². The van der Waals surface area contributed by atoms with Crippen molar-refractivity contribution in [2.45, 2.75) is 89.6 Å². The fourth-order valence-corrected chi connectivity index (χ4v) is 7.04. The van der Waals surface area contributed by atoms with Gasteiger partial charge in [-0.1, -0.05) is 77.4 Å². The number of rotatable bonds is 12. The van der Waals surface area contributed by atoms with Crippen LogP contribution in [0.4, 0.5) is 0 Å². The van der Waals surface area contributed by atoms with Crippen molar-refractivity contribution in [3.8, 4) is 6.07 Å². The molecule has 4 heteroatoms. The minimum Gasteiger partial charge on any atom is -0.303 e. The Morgan fingerprint density at radius 1 is 1.09 bits per heavy atom. The van der Waals surface area contributed by atoms with Crippen LogP contribution in [-0.2, 0) is 0 Å². The van der Waals surface area contributed by atoms with E-state index in [0.29, 0.717) is 12.2 Å². The molecule has 1 rings (SSSR count). The van der Waals surface area contributed by atoms with E-state index < -0.39 is 8.07 Å². The van der Waals surface area contributed by atoms with Crippen molar-refractivity contribution in [2.75, 3.05) is 19.6 Å². The van der Waals surface area contributed by atoms with Gasteiger partial charge in [0.15, 0.2) is 0 Å². The van der Waals surface area contributed by atoms with Crippen molar-refractivity contribution in [1.82, 2.24) is 10.2 Å². The zero-order valence-corrected chi connectivity index (χ0v) is 16.2. The van der Waals surface area contributed by atoms with Crippen LogP contribution in [0.5, 0.6) is 0 Å². The maximum atomic E-state index is 8.81. The summed E-state index contributed by atoms with van der Waals surface area (Å²) in [7, 11) is -1.26. The molecule has 0 spiro atoms. The number of nitrogens with zero attached hydrogens (tertiary/aromatic N) is 2. The molecule has 0 aliphatic carbocycles. The van der Waals surface area contributed by atoms with Gasteiger partial charge >= 0.3 is 0 Å². The summed E-state index contributed by atoms with van der Waals surface area (Å²) in [5.74, 6) is 0.588. The summed E-state index contributed by atoms with van der Waals surface area (Å²) in [5.41, 5.74) is 0. The molecule has 1 atom stereocenters. The lowest BCUT2D eigenvalue weighted by Gasteiger charge is -2.36. The van der Waals surface area contributed by atoms with Gasteiger partial charge in [-0.25, -0.2) is 0 Å². The average Bonchev–Trinajstić information content (AvgIpc) is 2.97. The highest BCUT2D eigenvalue weighted by atomic mass is 28.3. The predicted molar refractivity (Wildman–Crippen MR) is 98.5 cm³/mol. The van der Waals surface area contributed by atoms with Crippen molar-refractivity contribution >= 4 is 8.07 Å². The van der Waals surface area contributed by atoms with E-state index in [1.807, 2.05) is 0 Å². The fraction of sp³-hybridized carbons (Fsp3) is 0.944.